The number of esters is 1. The molecule has 0 aromatic carbocycles. The number of ether oxygens (including phenoxy) is 1. The van der Waals surface area contributed by atoms with E-state index in [-0.39, 0.29) is 11.7 Å². The van der Waals surface area contributed by atoms with Gasteiger partial charge in [-0.1, -0.05) is 13.8 Å². The SMILES string of the molecule is CCOC(=O)c1ncn(C(C)CC(C)C)c1N. The lowest BCUT2D eigenvalue weighted by atomic mass is 10.1. The second-order valence-electron chi connectivity index (χ2n) is 4.58. The molecule has 0 fully saturated rings. The molecule has 1 atom stereocenters. The highest BCUT2D eigenvalue weighted by atomic mass is 16.5. The number of hydrogen-bond acceptors (Lipinski definition) is 4. The number of imidazole rings is 1. The Morgan fingerprint density at radius 3 is 2.71 bits per heavy atom. The molecule has 96 valence electrons. The number of nitrogen functional groups attached to an aromatic ring is 1. The third kappa shape index (κ3) is 3.22. The van der Waals surface area contributed by atoms with E-state index >= 15 is 0 Å². The van der Waals surface area contributed by atoms with Gasteiger partial charge in [0.15, 0.2) is 5.69 Å². The molecule has 5 heteroatoms. The van der Waals surface area contributed by atoms with Crippen LogP contribution in [0.3, 0.4) is 0 Å². The van der Waals surface area contributed by atoms with Crippen molar-refractivity contribution in [3.63, 3.8) is 0 Å². The zero-order chi connectivity index (χ0) is 13.0. The molecular formula is C12H21N3O2. The maximum Gasteiger partial charge on any atom is 0.360 e. The smallest absolute Gasteiger partial charge is 0.360 e. The van der Waals surface area contributed by atoms with Gasteiger partial charge in [-0.3, -0.25) is 0 Å². The van der Waals surface area contributed by atoms with Crippen molar-refractivity contribution in [3.05, 3.63) is 12.0 Å². The summed E-state index contributed by atoms with van der Waals surface area (Å²) in [6.45, 7) is 8.44. The maximum atomic E-state index is 11.5. The van der Waals surface area contributed by atoms with E-state index in [4.69, 9.17) is 10.5 Å². The molecule has 0 saturated carbocycles. The van der Waals surface area contributed by atoms with Crippen molar-refractivity contribution in [2.75, 3.05) is 12.3 Å². The Kier molecular flexibility index (Phi) is 4.54. The summed E-state index contributed by atoms with van der Waals surface area (Å²) in [5, 5.41) is 0. The molecule has 1 aromatic heterocycles. The van der Waals surface area contributed by atoms with Gasteiger partial charge in [0.05, 0.1) is 12.9 Å². The first kappa shape index (κ1) is 13.5. The lowest BCUT2D eigenvalue weighted by molar-refractivity contribution is 0.0521. The summed E-state index contributed by atoms with van der Waals surface area (Å²) >= 11 is 0. The molecule has 1 aromatic rings. The van der Waals surface area contributed by atoms with Crippen LogP contribution in [0.4, 0.5) is 5.82 Å². The van der Waals surface area contributed by atoms with Gasteiger partial charge in [0.2, 0.25) is 0 Å². The van der Waals surface area contributed by atoms with Crippen LogP contribution < -0.4 is 5.73 Å². The number of carbonyl (C=O) groups excluding carboxylic acids is 1. The van der Waals surface area contributed by atoms with Crippen LogP contribution in [0.2, 0.25) is 0 Å². The van der Waals surface area contributed by atoms with Crippen LogP contribution in [0.1, 0.15) is 50.6 Å². The molecule has 0 saturated heterocycles. The Morgan fingerprint density at radius 1 is 1.53 bits per heavy atom. The van der Waals surface area contributed by atoms with Gasteiger partial charge >= 0.3 is 5.97 Å². The first-order valence-corrected chi connectivity index (χ1v) is 5.96. The minimum Gasteiger partial charge on any atom is -0.461 e. The molecule has 0 bridgehead atoms. The fraction of sp³-hybridized carbons (Fsp3) is 0.667. The van der Waals surface area contributed by atoms with E-state index in [9.17, 15) is 4.79 Å². The molecule has 0 aliphatic carbocycles. The molecular weight excluding hydrogens is 218 g/mol. The molecule has 2 N–H and O–H groups in total. The van der Waals surface area contributed by atoms with Crippen LogP contribution in [0.25, 0.3) is 0 Å². The average molecular weight is 239 g/mol. The summed E-state index contributed by atoms with van der Waals surface area (Å²) in [7, 11) is 0. The zero-order valence-electron chi connectivity index (χ0n) is 10.9. The van der Waals surface area contributed by atoms with Crippen LogP contribution in [0.5, 0.6) is 0 Å². The number of nitrogens with zero attached hydrogens (tertiary/aromatic N) is 2. The predicted octanol–water partition coefficient (Wildman–Crippen LogP) is 2.25. The molecule has 1 unspecified atom stereocenters. The third-order valence-corrected chi connectivity index (χ3v) is 2.59. The van der Waals surface area contributed by atoms with Gasteiger partial charge in [0.25, 0.3) is 0 Å². The molecule has 5 nitrogen and oxygen atoms in total. The number of nitrogens with two attached hydrogens (primary N) is 1. The van der Waals surface area contributed by atoms with Gasteiger partial charge in [-0.05, 0) is 26.2 Å². The van der Waals surface area contributed by atoms with E-state index < -0.39 is 5.97 Å². The molecule has 0 aliphatic rings. The highest BCUT2D eigenvalue weighted by Gasteiger charge is 2.19. The number of aromatic nitrogens is 2. The van der Waals surface area contributed by atoms with E-state index in [1.807, 2.05) is 4.57 Å². The number of carbonyl (C=O) groups is 1. The second-order valence-corrected chi connectivity index (χ2v) is 4.58. The van der Waals surface area contributed by atoms with Crippen LogP contribution in [0.15, 0.2) is 6.33 Å². The van der Waals surface area contributed by atoms with Gasteiger partial charge in [-0.15, -0.1) is 0 Å². The molecule has 0 radical (unpaired) electrons. The fourth-order valence-electron chi connectivity index (χ4n) is 1.87. The maximum absolute atomic E-state index is 11.5. The van der Waals surface area contributed by atoms with Crippen molar-refractivity contribution in [1.29, 1.82) is 0 Å². The third-order valence-electron chi connectivity index (χ3n) is 2.59. The first-order chi connectivity index (χ1) is 7.97. The number of anilines is 1. The first-order valence-electron chi connectivity index (χ1n) is 5.96. The summed E-state index contributed by atoms with van der Waals surface area (Å²) in [6.07, 6.45) is 2.59. The molecule has 1 rings (SSSR count). The van der Waals surface area contributed by atoms with E-state index in [2.05, 4.69) is 25.8 Å². The van der Waals surface area contributed by atoms with Crippen LogP contribution in [-0.4, -0.2) is 22.1 Å². The van der Waals surface area contributed by atoms with Crippen molar-refractivity contribution < 1.29 is 9.53 Å². The van der Waals surface area contributed by atoms with Gasteiger partial charge in [0.1, 0.15) is 5.82 Å². The number of hydrogen-bond donors (Lipinski definition) is 1. The zero-order valence-corrected chi connectivity index (χ0v) is 10.9. The predicted molar refractivity (Wildman–Crippen MR) is 66.8 cm³/mol. The quantitative estimate of drug-likeness (QED) is 0.800. The molecule has 0 aliphatic heterocycles. The number of rotatable bonds is 5. The minimum absolute atomic E-state index is 0.211. The van der Waals surface area contributed by atoms with Crippen molar-refractivity contribution in [3.8, 4) is 0 Å². The Balaban J connectivity index is 2.86. The molecule has 1 heterocycles. The standard InChI is InChI=1S/C12H21N3O2/c1-5-17-12(16)10-11(13)15(7-14-10)9(4)6-8(2)3/h7-9H,5-6,13H2,1-4H3. The van der Waals surface area contributed by atoms with E-state index in [0.29, 0.717) is 18.3 Å². The van der Waals surface area contributed by atoms with Gasteiger partial charge in [-0.2, -0.15) is 0 Å². The second kappa shape index (κ2) is 5.70. The summed E-state index contributed by atoms with van der Waals surface area (Å²) in [5.41, 5.74) is 6.12. The summed E-state index contributed by atoms with van der Waals surface area (Å²) in [4.78, 5) is 15.6. The van der Waals surface area contributed by atoms with E-state index in [1.165, 1.54) is 0 Å². The summed E-state index contributed by atoms with van der Waals surface area (Å²) in [5.74, 6) is 0.495. The fourth-order valence-corrected chi connectivity index (χ4v) is 1.87. The van der Waals surface area contributed by atoms with Crippen molar-refractivity contribution >= 4 is 11.8 Å². The summed E-state index contributed by atoms with van der Waals surface area (Å²) < 4.78 is 6.71. The van der Waals surface area contributed by atoms with Crippen LogP contribution in [-0.2, 0) is 4.74 Å². The van der Waals surface area contributed by atoms with Gasteiger partial charge < -0.3 is 15.0 Å². The van der Waals surface area contributed by atoms with Crippen molar-refractivity contribution in [1.82, 2.24) is 9.55 Å². The normalized spacial score (nSPS) is 12.8. The van der Waals surface area contributed by atoms with E-state index in [0.717, 1.165) is 6.42 Å². The highest BCUT2D eigenvalue weighted by molar-refractivity contribution is 5.92. The van der Waals surface area contributed by atoms with Crippen molar-refractivity contribution in [2.45, 2.75) is 40.2 Å². The summed E-state index contributed by atoms with van der Waals surface area (Å²) in [6, 6.07) is 0.227. The monoisotopic (exact) mass is 239 g/mol. The Hall–Kier alpha value is -1.52. The van der Waals surface area contributed by atoms with Crippen molar-refractivity contribution in [2.24, 2.45) is 5.92 Å². The molecule has 17 heavy (non-hydrogen) atoms. The lowest BCUT2D eigenvalue weighted by Crippen LogP contribution is -2.13. The lowest BCUT2D eigenvalue weighted by Gasteiger charge is -2.16. The van der Waals surface area contributed by atoms with Gasteiger partial charge in [0, 0.05) is 6.04 Å². The topological polar surface area (TPSA) is 70.1 Å². The Bertz CT molecular complexity index is 385. The van der Waals surface area contributed by atoms with Crippen LogP contribution >= 0.6 is 0 Å². The highest BCUT2D eigenvalue weighted by Crippen LogP contribution is 2.22. The van der Waals surface area contributed by atoms with E-state index in [1.54, 1.807) is 13.3 Å². The van der Waals surface area contributed by atoms with Gasteiger partial charge in [-0.25, -0.2) is 9.78 Å². The molecule has 0 spiro atoms. The minimum atomic E-state index is -0.458. The Morgan fingerprint density at radius 2 is 2.18 bits per heavy atom. The average Bonchev–Trinajstić information content (AvgIpc) is 2.59. The Labute approximate surface area is 102 Å². The van der Waals surface area contributed by atoms with Crippen LogP contribution in [0, 0.1) is 5.92 Å². The molecule has 0 amide bonds. The largest absolute Gasteiger partial charge is 0.461 e.